The Balaban J connectivity index is 0.00000156. The largest absolute Gasteiger partial charge is 0.303 e. The smallest absolute Gasteiger partial charge is 0.00471 e. The second-order valence-corrected chi connectivity index (χ2v) is 6.65. The van der Waals surface area contributed by atoms with Gasteiger partial charge in [0, 0.05) is 6.54 Å². The van der Waals surface area contributed by atoms with E-state index in [1.54, 1.807) is 0 Å². The van der Waals surface area contributed by atoms with Crippen LogP contribution in [0.15, 0.2) is 60.7 Å². The topological polar surface area (TPSA) is 3.24 Å². The van der Waals surface area contributed by atoms with Crippen molar-refractivity contribution in [1.82, 2.24) is 4.90 Å². The summed E-state index contributed by atoms with van der Waals surface area (Å²) in [4.78, 5) is 2.62. The normalized spacial score (nSPS) is 26.2. The first-order valence-electron chi connectivity index (χ1n) is 8.44. The third-order valence-electron chi connectivity index (χ3n) is 5.26. The lowest BCUT2D eigenvalue weighted by Gasteiger charge is -2.43. The van der Waals surface area contributed by atoms with Crippen molar-refractivity contribution in [2.45, 2.75) is 12.8 Å². The summed E-state index contributed by atoms with van der Waals surface area (Å²) in [6, 6.07) is 19.5. The van der Waals surface area contributed by atoms with Gasteiger partial charge in [0.15, 0.2) is 0 Å². The minimum Gasteiger partial charge on any atom is -0.303 e. The van der Waals surface area contributed by atoms with Gasteiger partial charge in [-0.1, -0.05) is 66.7 Å². The zero-order valence-electron chi connectivity index (χ0n) is 13.4. The summed E-state index contributed by atoms with van der Waals surface area (Å²) < 4.78 is 0. The molecule has 0 spiro atoms. The Morgan fingerprint density at radius 2 is 1.48 bits per heavy atom. The van der Waals surface area contributed by atoms with Crippen molar-refractivity contribution < 1.29 is 0 Å². The average Bonchev–Trinajstić information content (AvgIpc) is 2.62. The van der Waals surface area contributed by atoms with Gasteiger partial charge in [0.05, 0.1) is 0 Å². The van der Waals surface area contributed by atoms with Crippen LogP contribution in [-0.4, -0.2) is 24.5 Å². The first-order chi connectivity index (χ1) is 10.9. The number of hydrogen-bond acceptors (Lipinski definition) is 1. The number of rotatable bonds is 3. The van der Waals surface area contributed by atoms with Gasteiger partial charge in [-0.05, 0) is 54.5 Å². The molecule has 0 N–H and O–H groups in total. The predicted octanol–water partition coefficient (Wildman–Crippen LogP) is 5.13. The molecule has 3 aliphatic rings. The minimum atomic E-state index is 0. The third-order valence-corrected chi connectivity index (χ3v) is 5.26. The van der Waals surface area contributed by atoms with E-state index in [1.165, 1.54) is 49.2 Å². The van der Waals surface area contributed by atoms with E-state index in [-0.39, 0.29) is 12.4 Å². The highest BCUT2D eigenvalue weighted by molar-refractivity contribution is 5.85. The van der Waals surface area contributed by atoms with Gasteiger partial charge in [-0.25, -0.2) is 0 Å². The highest BCUT2D eigenvalue weighted by Gasteiger charge is 2.32. The summed E-state index contributed by atoms with van der Waals surface area (Å²) in [6.07, 6.45) is 7.55. The van der Waals surface area contributed by atoms with Crippen LogP contribution in [0.2, 0.25) is 0 Å². The van der Waals surface area contributed by atoms with Crippen LogP contribution in [0.5, 0.6) is 0 Å². The molecule has 23 heavy (non-hydrogen) atoms. The molecule has 2 aromatic carbocycles. The quantitative estimate of drug-likeness (QED) is 0.756. The summed E-state index contributed by atoms with van der Waals surface area (Å²) in [5.74, 6) is 1.68. The van der Waals surface area contributed by atoms with Crippen molar-refractivity contribution in [2.24, 2.45) is 11.8 Å². The molecule has 2 aromatic rings. The Hall–Kier alpha value is -1.57. The number of halogens is 1. The summed E-state index contributed by atoms with van der Waals surface area (Å²) in [5, 5.41) is 0. The van der Waals surface area contributed by atoms with Crippen LogP contribution in [0.3, 0.4) is 0 Å². The van der Waals surface area contributed by atoms with E-state index in [1.807, 2.05) is 0 Å². The number of nitrogens with zero attached hydrogens (tertiary/aromatic N) is 1. The Kier molecular flexibility index (Phi) is 5.20. The zero-order chi connectivity index (χ0) is 14.8. The van der Waals surface area contributed by atoms with Crippen LogP contribution in [0.1, 0.15) is 18.4 Å². The standard InChI is InChI=1S/C21H23N.ClH/c1-2-4-18(5-3-1)19-9-6-17(7-10-19)8-11-21-16-22-14-12-20(21)13-15-22;/h1-11,20-21H,12-16H2;1H/b11-8+;. The van der Waals surface area contributed by atoms with E-state index in [0.717, 1.165) is 11.8 Å². The number of fused-ring (bicyclic) bond motifs is 3. The fraction of sp³-hybridized carbons (Fsp3) is 0.333. The number of hydrogen-bond donors (Lipinski definition) is 0. The SMILES string of the molecule is C(=C\C1CN2CCC1CC2)/c1ccc(-c2ccccc2)cc1.Cl. The van der Waals surface area contributed by atoms with Crippen molar-refractivity contribution in [3.8, 4) is 11.1 Å². The van der Waals surface area contributed by atoms with Crippen LogP contribution in [0, 0.1) is 11.8 Å². The number of piperidine rings is 3. The van der Waals surface area contributed by atoms with Gasteiger partial charge in [0.2, 0.25) is 0 Å². The first kappa shape index (κ1) is 16.3. The molecule has 3 heterocycles. The maximum Gasteiger partial charge on any atom is 0.00471 e. The highest BCUT2D eigenvalue weighted by Crippen LogP contribution is 2.33. The van der Waals surface area contributed by atoms with E-state index >= 15 is 0 Å². The fourth-order valence-corrected chi connectivity index (χ4v) is 3.88. The molecule has 3 aliphatic heterocycles. The van der Waals surface area contributed by atoms with Crippen LogP contribution in [-0.2, 0) is 0 Å². The minimum absolute atomic E-state index is 0. The Morgan fingerprint density at radius 3 is 2.09 bits per heavy atom. The monoisotopic (exact) mass is 325 g/mol. The van der Waals surface area contributed by atoms with Crippen molar-refractivity contribution in [3.05, 3.63) is 66.2 Å². The van der Waals surface area contributed by atoms with E-state index in [9.17, 15) is 0 Å². The van der Waals surface area contributed by atoms with Crippen LogP contribution in [0.25, 0.3) is 17.2 Å². The van der Waals surface area contributed by atoms with Gasteiger partial charge in [0.1, 0.15) is 0 Å². The van der Waals surface area contributed by atoms with E-state index in [0.29, 0.717) is 0 Å². The van der Waals surface area contributed by atoms with E-state index < -0.39 is 0 Å². The van der Waals surface area contributed by atoms with Gasteiger partial charge >= 0.3 is 0 Å². The molecule has 0 aliphatic carbocycles. The van der Waals surface area contributed by atoms with Crippen LogP contribution in [0.4, 0.5) is 0 Å². The molecule has 1 nitrogen and oxygen atoms in total. The lowest BCUT2D eigenvalue weighted by atomic mass is 9.79. The second kappa shape index (κ2) is 7.33. The van der Waals surface area contributed by atoms with Crippen molar-refractivity contribution >= 4 is 18.5 Å². The molecule has 1 atom stereocenters. The van der Waals surface area contributed by atoms with Gasteiger partial charge in [0.25, 0.3) is 0 Å². The molecule has 2 heteroatoms. The predicted molar refractivity (Wildman–Crippen MR) is 101 cm³/mol. The van der Waals surface area contributed by atoms with Gasteiger partial charge in [-0.2, -0.15) is 0 Å². The first-order valence-corrected chi connectivity index (χ1v) is 8.44. The zero-order valence-corrected chi connectivity index (χ0v) is 14.2. The third kappa shape index (κ3) is 3.68. The van der Waals surface area contributed by atoms with Gasteiger partial charge in [-0.15, -0.1) is 12.4 Å². The Morgan fingerprint density at radius 1 is 0.826 bits per heavy atom. The molecule has 0 radical (unpaired) electrons. The second-order valence-electron chi connectivity index (χ2n) is 6.65. The summed E-state index contributed by atoms with van der Waals surface area (Å²) in [6.45, 7) is 3.91. The molecule has 120 valence electrons. The molecule has 5 rings (SSSR count). The molecule has 3 saturated heterocycles. The van der Waals surface area contributed by atoms with Gasteiger partial charge < -0.3 is 4.90 Å². The molecule has 0 saturated carbocycles. The molecular formula is C21H24ClN. The summed E-state index contributed by atoms with van der Waals surface area (Å²) in [5.41, 5.74) is 3.90. The average molecular weight is 326 g/mol. The highest BCUT2D eigenvalue weighted by atomic mass is 35.5. The Bertz CT molecular complexity index is 639. The van der Waals surface area contributed by atoms with Crippen molar-refractivity contribution in [3.63, 3.8) is 0 Å². The Labute approximate surface area is 145 Å². The molecular weight excluding hydrogens is 302 g/mol. The molecule has 0 aromatic heterocycles. The lowest BCUT2D eigenvalue weighted by Crippen LogP contribution is -2.46. The molecule has 2 bridgehead atoms. The van der Waals surface area contributed by atoms with E-state index in [2.05, 4.69) is 71.6 Å². The van der Waals surface area contributed by atoms with E-state index in [4.69, 9.17) is 0 Å². The summed E-state index contributed by atoms with van der Waals surface area (Å²) >= 11 is 0. The maximum atomic E-state index is 2.62. The van der Waals surface area contributed by atoms with Crippen molar-refractivity contribution in [1.29, 1.82) is 0 Å². The fourth-order valence-electron chi connectivity index (χ4n) is 3.88. The molecule has 0 amide bonds. The number of benzene rings is 2. The lowest BCUT2D eigenvalue weighted by molar-refractivity contribution is 0.0740. The molecule has 3 fully saturated rings. The van der Waals surface area contributed by atoms with Crippen molar-refractivity contribution in [2.75, 3.05) is 19.6 Å². The van der Waals surface area contributed by atoms with Crippen LogP contribution < -0.4 is 0 Å². The maximum absolute atomic E-state index is 2.62. The summed E-state index contributed by atoms with van der Waals surface area (Å²) in [7, 11) is 0. The van der Waals surface area contributed by atoms with Crippen LogP contribution >= 0.6 is 12.4 Å². The van der Waals surface area contributed by atoms with Gasteiger partial charge in [-0.3, -0.25) is 0 Å². The molecule has 1 unspecified atom stereocenters.